The van der Waals surface area contributed by atoms with Crippen molar-refractivity contribution in [3.63, 3.8) is 0 Å². The molecule has 1 N–H and O–H groups in total. The van der Waals surface area contributed by atoms with E-state index in [4.69, 9.17) is 4.74 Å². The average molecular weight is 334 g/mol. The van der Waals surface area contributed by atoms with E-state index in [1.165, 1.54) is 4.88 Å². The monoisotopic (exact) mass is 334 g/mol. The predicted octanol–water partition coefficient (Wildman–Crippen LogP) is 2.83. The zero-order valence-electron chi connectivity index (χ0n) is 13.3. The molecule has 0 radical (unpaired) electrons. The van der Waals surface area contributed by atoms with Gasteiger partial charge in [0.25, 0.3) is 0 Å². The molecule has 2 amide bonds. The molecule has 23 heavy (non-hydrogen) atoms. The number of nitrogens with zero attached hydrogens (tertiary/aromatic N) is 3. The van der Waals surface area contributed by atoms with Gasteiger partial charge in [-0.25, -0.2) is 4.79 Å². The van der Waals surface area contributed by atoms with Gasteiger partial charge in [0.1, 0.15) is 0 Å². The molecule has 0 aliphatic carbocycles. The fraction of sp³-hybridized carbons (Fsp3) is 0.500. The second kappa shape index (κ2) is 7.61. The number of likely N-dealkylation sites (N-methyl/N-ethyl adjacent to an activating group) is 1. The number of urea groups is 1. The largest absolute Gasteiger partial charge is 0.376 e. The van der Waals surface area contributed by atoms with Gasteiger partial charge in [-0.15, -0.1) is 11.3 Å². The first-order valence-corrected chi connectivity index (χ1v) is 8.77. The van der Waals surface area contributed by atoms with Crippen LogP contribution < -0.4 is 5.32 Å². The fourth-order valence-corrected chi connectivity index (χ4v) is 3.28. The minimum absolute atomic E-state index is 0.113. The Morgan fingerprint density at radius 1 is 1.61 bits per heavy atom. The van der Waals surface area contributed by atoms with E-state index in [0.717, 1.165) is 38.1 Å². The average Bonchev–Trinajstić information content (AvgIpc) is 3.28. The molecule has 0 aromatic carbocycles. The standard InChI is InChI=1S/C16H22N4O2S/c1-19(7-6-15-5-3-9-23-15)16(21)18-13-10-17-20(11-13)12-14-4-2-8-22-14/h3,5,9-11,14H,2,4,6-8,12H2,1H3,(H,18,21)/t14-/m1/s1. The van der Waals surface area contributed by atoms with Crippen LogP contribution in [-0.2, 0) is 17.7 Å². The van der Waals surface area contributed by atoms with Crippen LogP contribution in [0.4, 0.5) is 10.5 Å². The highest BCUT2D eigenvalue weighted by atomic mass is 32.1. The van der Waals surface area contributed by atoms with Crippen molar-refractivity contribution in [2.75, 3.05) is 25.5 Å². The zero-order valence-corrected chi connectivity index (χ0v) is 14.1. The molecule has 2 aromatic rings. The highest BCUT2D eigenvalue weighted by Gasteiger charge is 2.17. The van der Waals surface area contributed by atoms with Crippen LogP contribution >= 0.6 is 11.3 Å². The summed E-state index contributed by atoms with van der Waals surface area (Å²) in [5.41, 5.74) is 0.718. The molecule has 1 aliphatic heterocycles. The first-order chi connectivity index (χ1) is 11.2. The molecule has 0 spiro atoms. The van der Waals surface area contributed by atoms with Crippen LogP contribution in [0.2, 0.25) is 0 Å². The highest BCUT2D eigenvalue weighted by molar-refractivity contribution is 7.09. The number of hydrogen-bond donors (Lipinski definition) is 1. The summed E-state index contributed by atoms with van der Waals surface area (Å²) < 4.78 is 7.43. The quantitative estimate of drug-likeness (QED) is 0.884. The summed E-state index contributed by atoms with van der Waals surface area (Å²) in [6.45, 7) is 2.27. The van der Waals surface area contributed by atoms with E-state index in [1.54, 1.807) is 29.5 Å². The number of aromatic nitrogens is 2. The minimum Gasteiger partial charge on any atom is -0.376 e. The molecule has 3 heterocycles. The summed E-state index contributed by atoms with van der Waals surface area (Å²) >= 11 is 1.72. The lowest BCUT2D eigenvalue weighted by Gasteiger charge is -2.16. The van der Waals surface area contributed by atoms with Gasteiger partial charge in [-0.2, -0.15) is 5.10 Å². The number of rotatable bonds is 6. The number of carbonyl (C=O) groups excluding carboxylic acids is 1. The van der Waals surface area contributed by atoms with Crippen LogP contribution in [0, 0.1) is 0 Å². The van der Waals surface area contributed by atoms with E-state index in [0.29, 0.717) is 6.54 Å². The second-order valence-electron chi connectivity index (χ2n) is 5.77. The van der Waals surface area contributed by atoms with E-state index in [-0.39, 0.29) is 12.1 Å². The number of anilines is 1. The Labute approximate surface area is 140 Å². The van der Waals surface area contributed by atoms with Crippen molar-refractivity contribution in [1.82, 2.24) is 14.7 Å². The maximum absolute atomic E-state index is 12.2. The number of amides is 2. The van der Waals surface area contributed by atoms with Gasteiger partial charge in [-0.3, -0.25) is 4.68 Å². The number of ether oxygens (including phenoxy) is 1. The molecule has 0 bridgehead atoms. The Hall–Kier alpha value is -1.86. The van der Waals surface area contributed by atoms with Gasteiger partial charge in [0.05, 0.1) is 24.5 Å². The Kier molecular flexibility index (Phi) is 5.30. The molecule has 1 fully saturated rings. The first-order valence-electron chi connectivity index (χ1n) is 7.89. The molecule has 1 saturated heterocycles. The maximum atomic E-state index is 12.2. The van der Waals surface area contributed by atoms with Gasteiger partial charge in [-0.1, -0.05) is 6.07 Å². The summed E-state index contributed by atoms with van der Waals surface area (Å²) in [4.78, 5) is 15.2. The lowest BCUT2D eigenvalue weighted by Crippen LogP contribution is -2.32. The van der Waals surface area contributed by atoms with Crippen molar-refractivity contribution in [3.05, 3.63) is 34.8 Å². The topological polar surface area (TPSA) is 59.4 Å². The lowest BCUT2D eigenvalue weighted by molar-refractivity contribution is 0.0940. The van der Waals surface area contributed by atoms with Crippen molar-refractivity contribution < 1.29 is 9.53 Å². The Bertz CT molecular complexity index is 620. The summed E-state index contributed by atoms with van der Waals surface area (Å²) in [6.07, 6.45) is 6.84. The third-order valence-corrected chi connectivity index (χ3v) is 4.86. The van der Waals surface area contributed by atoms with Crippen molar-refractivity contribution in [3.8, 4) is 0 Å². The molecular weight excluding hydrogens is 312 g/mol. The summed E-state index contributed by atoms with van der Waals surface area (Å²) in [7, 11) is 1.81. The molecule has 1 atom stereocenters. The summed E-state index contributed by atoms with van der Waals surface area (Å²) in [5, 5.41) is 9.22. The van der Waals surface area contributed by atoms with Gasteiger partial charge >= 0.3 is 6.03 Å². The summed E-state index contributed by atoms with van der Waals surface area (Å²) in [5.74, 6) is 0. The first kappa shape index (κ1) is 16.0. The Morgan fingerprint density at radius 3 is 3.26 bits per heavy atom. The smallest absolute Gasteiger partial charge is 0.321 e. The third-order valence-electron chi connectivity index (χ3n) is 3.92. The molecule has 0 unspecified atom stereocenters. The molecule has 0 saturated carbocycles. The molecule has 124 valence electrons. The molecule has 2 aromatic heterocycles. The Balaban J connectivity index is 1.46. The lowest BCUT2D eigenvalue weighted by atomic mass is 10.2. The van der Waals surface area contributed by atoms with Crippen molar-refractivity contribution >= 4 is 23.1 Å². The Morgan fingerprint density at radius 2 is 2.52 bits per heavy atom. The van der Waals surface area contributed by atoms with Crippen LogP contribution in [0.1, 0.15) is 17.7 Å². The molecule has 6 nitrogen and oxygen atoms in total. The van der Waals surface area contributed by atoms with E-state index in [2.05, 4.69) is 21.9 Å². The third kappa shape index (κ3) is 4.56. The molecule has 7 heteroatoms. The molecular formula is C16H22N4O2S. The molecule has 1 aliphatic rings. The zero-order chi connectivity index (χ0) is 16.1. The SMILES string of the molecule is CN(CCc1cccs1)C(=O)Nc1cnn(C[C@H]2CCCO2)c1. The van der Waals surface area contributed by atoms with Gasteiger partial charge in [0, 0.05) is 31.3 Å². The van der Waals surface area contributed by atoms with E-state index >= 15 is 0 Å². The van der Waals surface area contributed by atoms with Crippen LogP contribution in [0.5, 0.6) is 0 Å². The van der Waals surface area contributed by atoms with E-state index < -0.39 is 0 Å². The van der Waals surface area contributed by atoms with Crippen molar-refractivity contribution in [2.24, 2.45) is 0 Å². The number of thiophene rings is 1. The van der Waals surface area contributed by atoms with Crippen molar-refractivity contribution in [2.45, 2.75) is 31.9 Å². The summed E-state index contributed by atoms with van der Waals surface area (Å²) in [6, 6.07) is 4.01. The van der Waals surface area contributed by atoms with Crippen LogP contribution in [-0.4, -0.2) is 47.0 Å². The maximum Gasteiger partial charge on any atom is 0.321 e. The predicted molar refractivity (Wildman–Crippen MR) is 90.9 cm³/mol. The number of nitrogens with one attached hydrogen (secondary N) is 1. The van der Waals surface area contributed by atoms with Crippen LogP contribution in [0.15, 0.2) is 29.9 Å². The fourth-order valence-electron chi connectivity index (χ4n) is 2.58. The second-order valence-corrected chi connectivity index (χ2v) is 6.80. The highest BCUT2D eigenvalue weighted by Crippen LogP contribution is 2.15. The van der Waals surface area contributed by atoms with Gasteiger partial charge in [0.15, 0.2) is 0 Å². The van der Waals surface area contributed by atoms with Crippen LogP contribution in [0.25, 0.3) is 0 Å². The molecule has 3 rings (SSSR count). The van der Waals surface area contributed by atoms with E-state index in [1.807, 2.05) is 16.9 Å². The van der Waals surface area contributed by atoms with E-state index in [9.17, 15) is 4.79 Å². The minimum atomic E-state index is -0.113. The van der Waals surface area contributed by atoms with Gasteiger partial charge < -0.3 is 15.0 Å². The van der Waals surface area contributed by atoms with Gasteiger partial charge in [0.2, 0.25) is 0 Å². The number of hydrogen-bond acceptors (Lipinski definition) is 4. The van der Waals surface area contributed by atoms with Crippen LogP contribution in [0.3, 0.4) is 0 Å². The van der Waals surface area contributed by atoms with Gasteiger partial charge in [-0.05, 0) is 30.7 Å². The number of carbonyl (C=O) groups is 1. The van der Waals surface area contributed by atoms with Crippen molar-refractivity contribution in [1.29, 1.82) is 0 Å². The normalized spacial score (nSPS) is 17.3.